The predicted octanol–water partition coefficient (Wildman–Crippen LogP) is 2.29. The summed E-state index contributed by atoms with van der Waals surface area (Å²) >= 11 is 12.6. The standard InChI is InChI=1S/C13H8ClFIN3O2S/c1-2-3-19-12(21)7(11(20)18-13(19)22)4-6-9(16)8(15)5-17-10(6)14/h2,4-5H,1,3H2,(H,18,20,22). The zero-order valence-electron chi connectivity index (χ0n) is 10.9. The quantitative estimate of drug-likeness (QED) is 0.191. The fourth-order valence-corrected chi connectivity index (χ4v) is 2.87. The van der Waals surface area contributed by atoms with Crippen molar-refractivity contribution in [3.63, 3.8) is 0 Å². The van der Waals surface area contributed by atoms with E-state index in [0.29, 0.717) is 0 Å². The molecule has 1 aliphatic rings. The summed E-state index contributed by atoms with van der Waals surface area (Å²) < 4.78 is 13.7. The molecule has 1 fully saturated rings. The van der Waals surface area contributed by atoms with Crippen molar-refractivity contribution >= 4 is 69.4 Å². The van der Waals surface area contributed by atoms with Crippen LogP contribution in [0.25, 0.3) is 6.08 Å². The molecule has 0 unspecified atom stereocenters. The molecule has 0 spiro atoms. The highest BCUT2D eigenvalue weighted by Gasteiger charge is 2.33. The Bertz CT molecular complexity index is 738. The fraction of sp³-hybridized carbons (Fsp3) is 0.0769. The Morgan fingerprint density at radius 1 is 1.55 bits per heavy atom. The number of nitrogens with zero attached hydrogens (tertiary/aromatic N) is 2. The Labute approximate surface area is 149 Å². The molecule has 0 bridgehead atoms. The molecule has 0 atom stereocenters. The van der Waals surface area contributed by atoms with Crippen LogP contribution in [0, 0.1) is 9.39 Å². The van der Waals surface area contributed by atoms with Gasteiger partial charge < -0.3 is 0 Å². The molecule has 0 radical (unpaired) electrons. The van der Waals surface area contributed by atoms with Gasteiger partial charge in [0.2, 0.25) is 0 Å². The summed E-state index contributed by atoms with van der Waals surface area (Å²) in [5.41, 5.74) is -0.0465. The van der Waals surface area contributed by atoms with Crippen molar-refractivity contribution in [2.45, 2.75) is 0 Å². The van der Waals surface area contributed by atoms with Gasteiger partial charge in [-0.1, -0.05) is 17.7 Å². The second kappa shape index (κ2) is 6.80. The minimum absolute atomic E-state index is 0.00906. The SMILES string of the molecule is C=CCN1C(=O)C(=Cc2c(Cl)ncc(F)c2I)C(=O)NC1=S. The van der Waals surface area contributed by atoms with E-state index >= 15 is 0 Å². The second-order valence-corrected chi connectivity index (χ2v) is 5.97. The first-order valence-corrected chi connectivity index (χ1v) is 7.72. The predicted molar refractivity (Wildman–Crippen MR) is 92.5 cm³/mol. The normalized spacial score (nSPS) is 17.0. The number of rotatable bonds is 3. The van der Waals surface area contributed by atoms with Crippen molar-refractivity contribution in [3.8, 4) is 0 Å². The van der Waals surface area contributed by atoms with E-state index in [0.717, 1.165) is 6.20 Å². The van der Waals surface area contributed by atoms with Crippen LogP contribution in [-0.2, 0) is 9.59 Å². The molecular formula is C13H8ClFIN3O2S. The van der Waals surface area contributed by atoms with Crippen LogP contribution < -0.4 is 5.32 Å². The van der Waals surface area contributed by atoms with Gasteiger partial charge in [-0.05, 0) is 40.9 Å². The number of hydrogen-bond donors (Lipinski definition) is 1. The fourth-order valence-electron chi connectivity index (χ4n) is 1.71. The molecular weight excluding hydrogens is 444 g/mol. The monoisotopic (exact) mass is 451 g/mol. The maximum Gasteiger partial charge on any atom is 0.265 e. The summed E-state index contributed by atoms with van der Waals surface area (Å²) in [7, 11) is 0. The topological polar surface area (TPSA) is 62.3 Å². The van der Waals surface area contributed by atoms with Crippen molar-refractivity contribution in [2.75, 3.05) is 6.54 Å². The zero-order valence-corrected chi connectivity index (χ0v) is 14.6. The Balaban J connectivity index is 2.53. The third-order valence-electron chi connectivity index (χ3n) is 2.75. The van der Waals surface area contributed by atoms with E-state index in [1.807, 2.05) is 0 Å². The maximum atomic E-state index is 13.6. The number of halogens is 3. The van der Waals surface area contributed by atoms with E-state index in [1.165, 1.54) is 17.1 Å². The summed E-state index contributed by atoms with van der Waals surface area (Å²) in [6, 6.07) is 0. The molecule has 2 amide bonds. The summed E-state index contributed by atoms with van der Waals surface area (Å²) in [6.07, 6.45) is 3.64. The average molecular weight is 452 g/mol. The van der Waals surface area contributed by atoms with Crippen LogP contribution >= 0.6 is 46.4 Å². The Hall–Kier alpha value is -1.39. The zero-order chi connectivity index (χ0) is 16.4. The molecule has 114 valence electrons. The van der Waals surface area contributed by atoms with Gasteiger partial charge >= 0.3 is 0 Å². The molecule has 1 aliphatic heterocycles. The Morgan fingerprint density at radius 3 is 2.86 bits per heavy atom. The lowest BCUT2D eigenvalue weighted by molar-refractivity contribution is -0.128. The molecule has 9 heteroatoms. The summed E-state index contributed by atoms with van der Waals surface area (Å²) in [4.78, 5) is 29.2. The van der Waals surface area contributed by atoms with Gasteiger partial charge in [0.05, 0.1) is 9.77 Å². The van der Waals surface area contributed by atoms with Crippen molar-refractivity contribution in [3.05, 3.63) is 44.5 Å². The summed E-state index contributed by atoms with van der Waals surface area (Å²) in [6.45, 7) is 3.66. The lowest BCUT2D eigenvalue weighted by Gasteiger charge is -2.27. The minimum Gasteiger partial charge on any atom is -0.298 e. The highest BCUT2D eigenvalue weighted by atomic mass is 127. The Kier molecular flexibility index (Phi) is 5.24. The van der Waals surface area contributed by atoms with Gasteiger partial charge in [-0.25, -0.2) is 9.37 Å². The van der Waals surface area contributed by atoms with E-state index in [4.69, 9.17) is 23.8 Å². The first-order valence-electron chi connectivity index (χ1n) is 5.86. The lowest BCUT2D eigenvalue weighted by atomic mass is 10.1. The van der Waals surface area contributed by atoms with Gasteiger partial charge in [0.25, 0.3) is 11.8 Å². The van der Waals surface area contributed by atoms with Gasteiger partial charge in [0.1, 0.15) is 10.7 Å². The molecule has 1 saturated heterocycles. The average Bonchev–Trinajstić information content (AvgIpc) is 2.46. The van der Waals surface area contributed by atoms with Gasteiger partial charge in [-0.15, -0.1) is 6.58 Å². The van der Waals surface area contributed by atoms with Crippen molar-refractivity contribution < 1.29 is 14.0 Å². The molecule has 1 aromatic heterocycles. The number of pyridine rings is 1. The van der Waals surface area contributed by atoms with Crippen LogP contribution in [0.15, 0.2) is 24.4 Å². The lowest BCUT2D eigenvalue weighted by Crippen LogP contribution is -2.53. The van der Waals surface area contributed by atoms with Gasteiger partial charge in [-0.3, -0.25) is 19.8 Å². The van der Waals surface area contributed by atoms with E-state index in [2.05, 4.69) is 16.9 Å². The second-order valence-electron chi connectivity index (χ2n) is 4.15. The molecule has 22 heavy (non-hydrogen) atoms. The van der Waals surface area contributed by atoms with Crippen LogP contribution in [0.5, 0.6) is 0 Å². The molecule has 2 heterocycles. The highest BCUT2D eigenvalue weighted by molar-refractivity contribution is 14.1. The highest BCUT2D eigenvalue weighted by Crippen LogP contribution is 2.26. The number of aromatic nitrogens is 1. The molecule has 0 aliphatic carbocycles. The van der Waals surface area contributed by atoms with E-state index in [1.54, 1.807) is 22.6 Å². The number of hydrogen-bond acceptors (Lipinski definition) is 4. The molecule has 1 aromatic rings. The van der Waals surface area contributed by atoms with E-state index < -0.39 is 17.6 Å². The molecule has 0 aromatic carbocycles. The minimum atomic E-state index is -0.675. The first kappa shape index (κ1) is 17.0. The number of nitrogens with one attached hydrogen (secondary N) is 1. The van der Waals surface area contributed by atoms with Crippen molar-refractivity contribution in [2.24, 2.45) is 0 Å². The summed E-state index contributed by atoms with van der Waals surface area (Å²) in [5, 5.41) is 2.37. The van der Waals surface area contributed by atoms with Crippen LogP contribution in [0.1, 0.15) is 5.56 Å². The number of carbonyl (C=O) groups is 2. The number of carbonyl (C=O) groups excluding carboxylic acids is 2. The van der Waals surface area contributed by atoms with Gasteiger partial charge in [0, 0.05) is 12.1 Å². The number of amides is 2. The molecule has 0 saturated carbocycles. The first-order chi connectivity index (χ1) is 10.4. The van der Waals surface area contributed by atoms with Crippen molar-refractivity contribution in [1.82, 2.24) is 15.2 Å². The van der Waals surface area contributed by atoms with Gasteiger partial charge in [0.15, 0.2) is 10.9 Å². The third kappa shape index (κ3) is 3.18. The van der Waals surface area contributed by atoms with E-state index in [9.17, 15) is 14.0 Å². The largest absolute Gasteiger partial charge is 0.298 e. The smallest absolute Gasteiger partial charge is 0.265 e. The molecule has 1 N–H and O–H groups in total. The molecule has 5 nitrogen and oxygen atoms in total. The van der Waals surface area contributed by atoms with Crippen LogP contribution in [0.2, 0.25) is 5.15 Å². The third-order valence-corrected chi connectivity index (χ3v) is 4.47. The molecule has 2 rings (SSSR count). The van der Waals surface area contributed by atoms with Crippen LogP contribution in [0.4, 0.5) is 4.39 Å². The number of thiocarbonyl (C=S) groups is 1. The van der Waals surface area contributed by atoms with Crippen LogP contribution in [0.3, 0.4) is 0 Å². The maximum absolute atomic E-state index is 13.6. The summed E-state index contributed by atoms with van der Waals surface area (Å²) in [5.74, 6) is -1.88. The van der Waals surface area contributed by atoms with Crippen LogP contribution in [-0.4, -0.2) is 33.4 Å². The van der Waals surface area contributed by atoms with Gasteiger partial charge in [-0.2, -0.15) is 0 Å². The van der Waals surface area contributed by atoms with Crippen molar-refractivity contribution in [1.29, 1.82) is 0 Å². The Morgan fingerprint density at radius 2 is 2.23 bits per heavy atom. The van der Waals surface area contributed by atoms with E-state index in [-0.39, 0.29) is 31.5 Å².